The highest BCUT2D eigenvalue weighted by Gasteiger charge is 2.12. The van der Waals surface area contributed by atoms with Gasteiger partial charge in [0.15, 0.2) is 5.71 Å². The fraction of sp³-hybridized carbons (Fsp3) is 0.467. The van der Waals surface area contributed by atoms with Gasteiger partial charge in [0, 0.05) is 6.42 Å². The van der Waals surface area contributed by atoms with Crippen molar-refractivity contribution in [3.05, 3.63) is 29.8 Å². The molecule has 1 rings (SSSR count). The summed E-state index contributed by atoms with van der Waals surface area (Å²) in [6.07, 6.45) is 1.85. The summed E-state index contributed by atoms with van der Waals surface area (Å²) < 4.78 is 10.3. The summed E-state index contributed by atoms with van der Waals surface area (Å²) in [5, 5.41) is 11.7. The molecule has 0 unspecified atom stereocenters. The second-order valence-electron chi connectivity index (χ2n) is 4.39. The van der Waals surface area contributed by atoms with Crippen molar-refractivity contribution < 1.29 is 19.5 Å². The smallest absolute Gasteiger partial charge is 0.356 e. The van der Waals surface area contributed by atoms with E-state index < -0.39 is 5.97 Å². The highest BCUT2D eigenvalue weighted by atomic mass is 16.5. The monoisotopic (exact) mass is 279 g/mol. The molecule has 0 heterocycles. The largest absolute Gasteiger partial charge is 0.494 e. The SMILES string of the molecule is CCOC(=O)/C(CCCCOc1ccc(C)cc1)=N/O. The van der Waals surface area contributed by atoms with E-state index >= 15 is 0 Å². The van der Waals surface area contributed by atoms with Crippen molar-refractivity contribution in [1.82, 2.24) is 0 Å². The van der Waals surface area contributed by atoms with Crippen LogP contribution in [0.3, 0.4) is 0 Å². The van der Waals surface area contributed by atoms with Gasteiger partial charge in [-0.1, -0.05) is 22.9 Å². The van der Waals surface area contributed by atoms with Crippen molar-refractivity contribution in [3.63, 3.8) is 0 Å². The van der Waals surface area contributed by atoms with E-state index in [4.69, 9.17) is 14.7 Å². The van der Waals surface area contributed by atoms with Gasteiger partial charge in [0.05, 0.1) is 13.2 Å². The molecule has 0 saturated carbocycles. The van der Waals surface area contributed by atoms with Gasteiger partial charge in [0.25, 0.3) is 0 Å². The van der Waals surface area contributed by atoms with Gasteiger partial charge in [0.1, 0.15) is 5.75 Å². The number of unbranched alkanes of at least 4 members (excludes halogenated alkanes) is 1. The van der Waals surface area contributed by atoms with Crippen LogP contribution in [-0.4, -0.2) is 30.1 Å². The molecule has 0 amide bonds. The van der Waals surface area contributed by atoms with Crippen LogP contribution in [0.15, 0.2) is 29.4 Å². The van der Waals surface area contributed by atoms with Gasteiger partial charge >= 0.3 is 5.97 Å². The van der Waals surface area contributed by atoms with E-state index in [1.807, 2.05) is 31.2 Å². The Balaban J connectivity index is 2.21. The molecule has 0 radical (unpaired) electrons. The Morgan fingerprint density at radius 2 is 1.95 bits per heavy atom. The van der Waals surface area contributed by atoms with Crippen LogP contribution in [0.2, 0.25) is 0 Å². The number of aryl methyl sites for hydroxylation is 1. The van der Waals surface area contributed by atoms with E-state index in [9.17, 15) is 4.79 Å². The number of hydrogen-bond donors (Lipinski definition) is 1. The van der Waals surface area contributed by atoms with Gasteiger partial charge in [-0.15, -0.1) is 0 Å². The number of nitrogens with zero attached hydrogens (tertiary/aromatic N) is 1. The summed E-state index contributed by atoms with van der Waals surface area (Å²) in [6, 6.07) is 7.84. The molecule has 0 bridgehead atoms. The molecule has 5 heteroatoms. The average Bonchev–Trinajstić information content (AvgIpc) is 2.45. The maximum atomic E-state index is 11.3. The Hall–Kier alpha value is -2.04. The molecule has 1 aromatic rings. The lowest BCUT2D eigenvalue weighted by molar-refractivity contribution is -0.135. The average molecular weight is 279 g/mol. The number of oxime groups is 1. The van der Waals surface area contributed by atoms with E-state index in [-0.39, 0.29) is 12.3 Å². The van der Waals surface area contributed by atoms with Gasteiger partial charge in [0.2, 0.25) is 0 Å². The Morgan fingerprint density at radius 3 is 2.55 bits per heavy atom. The van der Waals surface area contributed by atoms with E-state index in [0.29, 0.717) is 19.4 Å². The first-order chi connectivity index (χ1) is 9.67. The number of hydrogen-bond acceptors (Lipinski definition) is 5. The normalized spacial score (nSPS) is 11.2. The van der Waals surface area contributed by atoms with Gasteiger partial charge in [-0.25, -0.2) is 4.79 Å². The Bertz CT molecular complexity index is 440. The van der Waals surface area contributed by atoms with Crippen LogP contribution in [0.1, 0.15) is 31.7 Å². The molecule has 110 valence electrons. The zero-order valence-corrected chi connectivity index (χ0v) is 12.0. The van der Waals surface area contributed by atoms with Crippen LogP contribution < -0.4 is 4.74 Å². The highest BCUT2D eigenvalue weighted by molar-refractivity contribution is 6.36. The summed E-state index contributed by atoms with van der Waals surface area (Å²) in [4.78, 5) is 11.3. The zero-order chi connectivity index (χ0) is 14.8. The molecule has 20 heavy (non-hydrogen) atoms. The minimum atomic E-state index is -0.561. The predicted molar refractivity (Wildman–Crippen MR) is 76.4 cm³/mol. The van der Waals surface area contributed by atoms with E-state index in [2.05, 4.69) is 5.16 Å². The number of esters is 1. The van der Waals surface area contributed by atoms with Gasteiger partial charge in [-0.3, -0.25) is 0 Å². The zero-order valence-electron chi connectivity index (χ0n) is 12.0. The van der Waals surface area contributed by atoms with Crippen molar-refractivity contribution >= 4 is 11.7 Å². The fourth-order valence-electron chi connectivity index (χ4n) is 1.63. The number of ether oxygens (including phenoxy) is 2. The fourth-order valence-corrected chi connectivity index (χ4v) is 1.63. The molecular formula is C15H21NO4. The summed E-state index contributed by atoms with van der Waals surface area (Å²) >= 11 is 0. The van der Waals surface area contributed by atoms with Crippen LogP contribution in [0.4, 0.5) is 0 Å². The standard InChI is InChI=1S/C15H21NO4/c1-3-19-15(17)14(16-18)6-4-5-11-20-13-9-7-12(2)8-10-13/h7-10,18H,3-6,11H2,1-2H3/b16-14+. The van der Waals surface area contributed by atoms with Gasteiger partial charge in [-0.05, 0) is 38.8 Å². The quantitative estimate of drug-likeness (QED) is 0.261. The van der Waals surface area contributed by atoms with Gasteiger partial charge in [-0.2, -0.15) is 0 Å². The first kappa shape index (κ1) is 16.0. The van der Waals surface area contributed by atoms with Crippen LogP contribution in [0, 0.1) is 6.92 Å². The van der Waals surface area contributed by atoms with Crippen LogP contribution in [0.25, 0.3) is 0 Å². The molecule has 0 aliphatic carbocycles. The second-order valence-corrected chi connectivity index (χ2v) is 4.39. The van der Waals surface area contributed by atoms with Gasteiger partial charge < -0.3 is 14.7 Å². The van der Waals surface area contributed by atoms with Crippen molar-refractivity contribution in [2.75, 3.05) is 13.2 Å². The lowest BCUT2D eigenvalue weighted by atomic mass is 10.2. The second kappa shape index (κ2) is 8.96. The summed E-state index contributed by atoms with van der Waals surface area (Å²) in [5.41, 5.74) is 1.25. The Morgan fingerprint density at radius 1 is 1.25 bits per heavy atom. The summed E-state index contributed by atoms with van der Waals surface area (Å²) in [6.45, 7) is 4.57. The van der Waals surface area contributed by atoms with E-state index in [0.717, 1.165) is 12.2 Å². The van der Waals surface area contributed by atoms with Crippen molar-refractivity contribution in [2.45, 2.75) is 33.1 Å². The maximum Gasteiger partial charge on any atom is 0.356 e. The number of benzene rings is 1. The molecule has 1 N–H and O–H groups in total. The molecule has 0 saturated heterocycles. The molecule has 0 aliphatic heterocycles. The topological polar surface area (TPSA) is 68.1 Å². The first-order valence-corrected chi connectivity index (χ1v) is 6.75. The molecule has 0 aliphatic rings. The third-order valence-electron chi connectivity index (χ3n) is 2.73. The lowest BCUT2D eigenvalue weighted by Gasteiger charge is -2.07. The molecule has 1 aromatic carbocycles. The molecule has 0 atom stereocenters. The number of carbonyl (C=O) groups excluding carboxylic acids is 1. The van der Waals surface area contributed by atoms with E-state index in [1.165, 1.54) is 5.56 Å². The maximum absolute atomic E-state index is 11.3. The molecule has 0 fully saturated rings. The third kappa shape index (κ3) is 5.73. The molecular weight excluding hydrogens is 258 g/mol. The van der Waals surface area contributed by atoms with Crippen molar-refractivity contribution in [2.24, 2.45) is 5.16 Å². The minimum absolute atomic E-state index is 0.0576. The van der Waals surface area contributed by atoms with Crippen molar-refractivity contribution in [1.29, 1.82) is 0 Å². The summed E-state index contributed by atoms with van der Waals surface area (Å²) in [7, 11) is 0. The van der Waals surface area contributed by atoms with Crippen LogP contribution in [0.5, 0.6) is 5.75 Å². The van der Waals surface area contributed by atoms with Crippen molar-refractivity contribution in [3.8, 4) is 5.75 Å². The summed E-state index contributed by atoms with van der Waals surface area (Å²) in [5.74, 6) is 0.270. The molecule has 0 spiro atoms. The predicted octanol–water partition coefficient (Wildman–Crippen LogP) is 2.94. The number of carbonyl (C=O) groups is 1. The lowest BCUT2D eigenvalue weighted by Crippen LogP contribution is -2.17. The van der Waals surface area contributed by atoms with Crippen LogP contribution >= 0.6 is 0 Å². The molecule has 0 aromatic heterocycles. The third-order valence-corrected chi connectivity index (χ3v) is 2.73. The molecule has 5 nitrogen and oxygen atoms in total. The highest BCUT2D eigenvalue weighted by Crippen LogP contribution is 2.12. The number of rotatable bonds is 8. The minimum Gasteiger partial charge on any atom is -0.494 e. The van der Waals surface area contributed by atoms with Crippen LogP contribution in [-0.2, 0) is 9.53 Å². The van der Waals surface area contributed by atoms with E-state index in [1.54, 1.807) is 6.92 Å². The Labute approximate surface area is 119 Å². The first-order valence-electron chi connectivity index (χ1n) is 6.75. The Kier molecular flexibility index (Phi) is 7.17.